The third-order valence-electron chi connectivity index (χ3n) is 1.14. The summed E-state index contributed by atoms with van der Waals surface area (Å²) in [5.74, 6) is -1.11. The molecule has 0 aromatic carbocycles. The Bertz CT molecular complexity index is 188. The van der Waals surface area contributed by atoms with Gasteiger partial charge in [-0.3, -0.25) is 9.68 Å². The van der Waals surface area contributed by atoms with E-state index in [1.807, 2.05) is 6.92 Å². The van der Waals surface area contributed by atoms with Crippen molar-refractivity contribution in [2.24, 2.45) is 0 Å². The third kappa shape index (κ3) is 7.54. The zero-order valence-corrected chi connectivity index (χ0v) is 8.74. The lowest BCUT2D eigenvalue weighted by molar-refractivity contribution is -0.293. The fraction of sp³-hybridized carbons (Fsp3) is 0.778. The third-order valence-corrected chi connectivity index (χ3v) is 1.14. The van der Waals surface area contributed by atoms with Crippen LogP contribution in [0.4, 0.5) is 0 Å². The Labute approximate surface area is 83.3 Å². The minimum absolute atomic E-state index is 0.203. The van der Waals surface area contributed by atoms with Crippen LogP contribution in [0.25, 0.3) is 0 Å². The molecule has 0 amide bonds. The summed E-state index contributed by atoms with van der Waals surface area (Å²) >= 11 is 0. The lowest BCUT2D eigenvalue weighted by atomic mass is 10.3. The Morgan fingerprint density at radius 2 is 1.86 bits per heavy atom. The molecule has 0 rings (SSSR count). The van der Waals surface area contributed by atoms with E-state index in [-0.39, 0.29) is 6.10 Å². The summed E-state index contributed by atoms with van der Waals surface area (Å²) in [5.41, 5.74) is 0. The van der Waals surface area contributed by atoms with Gasteiger partial charge < -0.3 is 4.74 Å². The second-order valence-electron chi connectivity index (χ2n) is 3.01. The Kier molecular flexibility index (Phi) is 6.74. The van der Waals surface area contributed by atoms with Crippen molar-refractivity contribution in [1.82, 2.24) is 0 Å². The molecule has 0 aliphatic carbocycles. The molecule has 0 unspecified atom stereocenters. The van der Waals surface area contributed by atoms with Crippen molar-refractivity contribution < 1.29 is 24.1 Å². The van der Waals surface area contributed by atoms with Crippen LogP contribution in [0.1, 0.15) is 33.6 Å². The quantitative estimate of drug-likeness (QED) is 0.369. The largest absolute Gasteiger partial charge is 0.454 e. The average Bonchev–Trinajstić information content (AvgIpc) is 2.12. The van der Waals surface area contributed by atoms with Crippen molar-refractivity contribution in [2.75, 3.05) is 6.61 Å². The predicted molar refractivity (Wildman–Crippen MR) is 48.2 cm³/mol. The molecular weight excluding hydrogens is 188 g/mol. The predicted octanol–water partition coefficient (Wildman–Crippen LogP) is 1.21. The maximum absolute atomic E-state index is 10.8. The lowest BCUT2D eigenvalue weighted by Gasteiger charge is -2.06. The molecule has 0 saturated carbocycles. The number of ether oxygens (including phenoxy) is 1. The van der Waals surface area contributed by atoms with E-state index in [2.05, 4.69) is 14.5 Å². The summed E-state index contributed by atoms with van der Waals surface area (Å²) < 4.78 is 4.58. The lowest BCUT2D eigenvalue weighted by Crippen LogP contribution is -2.18. The van der Waals surface area contributed by atoms with Crippen molar-refractivity contribution in [1.29, 1.82) is 0 Å². The number of esters is 1. The molecule has 0 aromatic rings. The van der Waals surface area contributed by atoms with Gasteiger partial charge in [-0.2, -0.15) is 4.89 Å². The number of carbonyl (C=O) groups excluding carboxylic acids is 2. The second kappa shape index (κ2) is 7.32. The highest BCUT2D eigenvalue weighted by Crippen LogP contribution is 1.94. The SMILES string of the molecule is CCCC(=O)OCC(=O)OOC(C)C. The standard InChI is InChI=1S/C9H16O5/c1-4-5-8(10)12-6-9(11)14-13-7(2)3/h7H,4-6H2,1-3H3. The molecule has 0 saturated heterocycles. The van der Waals surface area contributed by atoms with Gasteiger partial charge in [0.2, 0.25) is 0 Å². The Morgan fingerprint density at radius 1 is 1.21 bits per heavy atom. The first-order chi connectivity index (χ1) is 6.56. The van der Waals surface area contributed by atoms with Crippen LogP contribution in [-0.4, -0.2) is 24.6 Å². The van der Waals surface area contributed by atoms with Crippen LogP contribution in [0, 0.1) is 0 Å². The zero-order valence-electron chi connectivity index (χ0n) is 8.74. The first kappa shape index (κ1) is 12.9. The molecule has 0 spiro atoms. The van der Waals surface area contributed by atoms with Gasteiger partial charge in [0, 0.05) is 6.42 Å². The van der Waals surface area contributed by atoms with E-state index in [1.54, 1.807) is 13.8 Å². The van der Waals surface area contributed by atoms with Gasteiger partial charge in [0.05, 0.1) is 6.10 Å². The van der Waals surface area contributed by atoms with Crippen molar-refractivity contribution in [2.45, 2.75) is 39.7 Å². The van der Waals surface area contributed by atoms with Crippen LogP contribution in [-0.2, 0) is 24.1 Å². The van der Waals surface area contributed by atoms with Gasteiger partial charge in [0.25, 0.3) is 0 Å². The highest BCUT2D eigenvalue weighted by Gasteiger charge is 2.09. The smallest absolute Gasteiger partial charge is 0.379 e. The number of rotatable bonds is 6. The molecule has 0 heterocycles. The second-order valence-corrected chi connectivity index (χ2v) is 3.01. The summed E-state index contributed by atoms with van der Waals surface area (Å²) in [5, 5.41) is 0. The Hall–Kier alpha value is -1.10. The summed E-state index contributed by atoms with van der Waals surface area (Å²) in [7, 11) is 0. The van der Waals surface area contributed by atoms with E-state index in [9.17, 15) is 9.59 Å². The van der Waals surface area contributed by atoms with E-state index >= 15 is 0 Å². The molecule has 5 nitrogen and oxygen atoms in total. The molecule has 0 bridgehead atoms. The Morgan fingerprint density at radius 3 is 2.36 bits per heavy atom. The van der Waals surface area contributed by atoms with Crippen molar-refractivity contribution >= 4 is 11.9 Å². The molecule has 0 atom stereocenters. The van der Waals surface area contributed by atoms with Crippen LogP contribution >= 0.6 is 0 Å². The number of carbonyl (C=O) groups is 2. The van der Waals surface area contributed by atoms with Crippen LogP contribution in [0.15, 0.2) is 0 Å². The first-order valence-electron chi connectivity index (χ1n) is 4.58. The summed E-state index contributed by atoms with van der Waals surface area (Å²) in [6.07, 6.45) is 0.791. The minimum atomic E-state index is -0.705. The number of hydrogen-bond acceptors (Lipinski definition) is 5. The molecule has 0 N–H and O–H groups in total. The molecular formula is C9H16O5. The topological polar surface area (TPSA) is 61.8 Å². The van der Waals surface area contributed by atoms with Gasteiger partial charge >= 0.3 is 11.9 Å². The van der Waals surface area contributed by atoms with Gasteiger partial charge in [-0.25, -0.2) is 4.79 Å². The van der Waals surface area contributed by atoms with E-state index < -0.39 is 18.5 Å². The highest BCUT2D eigenvalue weighted by molar-refractivity contribution is 5.75. The molecule has 0 aliphatic rings. The fourth-order valence-corrected chi connectivity index (χ4v) is 0.590. The summed E-state index contributed by atoms with van der Waals surface area (Å²) in [4.78, 5) is 30.5. The van der Waals surface area contributed by atoms with Gasteiger partial charge in [-0.1, -0.05) is 6.92 Å². The molecule has 14 heavy (non-hydrogen) atoms. The maximum Gasteiger partial charge on any atom is 0.379 e. The van der Waals surface area contributed by atoms with Gasteiger partial charge in [0.15, 0.2) is 6.61 Å². The van der Waals surface area contributed by atoms with Crippen LogP contribution in [0.5, 0.6) is 0 Å². The van der Waals surface area contributed by atoms with E-state index in [1.165, 1.54) is 0 Å². The Balaban J connectivity index is 3.48. The van der Waals surface area contributed by atoms with Crippen LogP contribution < -0.4 is 0 Å². The highest BCUT2D eigenvalue weighted by atomic mass is 17.2. The summed E-state index contributed by atoms with van der Waals surface area (Å²) in [6, 6.07) is 0. The summed E-state index contributed by atoms with van der Waals surface area (Å²) in [6.45, 7) is 4.89. The first-order valence-corrected chi connectivity index (χ1v) is 4.58. The molecule has 0 aromatic heterocycles. The van der Waals surface area contributed by atoms with Gasteiger partial charge in [-0.15, -0.1) is 0 Å². The van der Waals surface area contributed by atoms with Crippen molar-refractivity contribution in [3.63, 3.8) is 0 Å². The van der Waals surface area contributed by atoms with Gasteiger partial charge in [-0.05, 0) is 20.3 Å². The monoisotopic (exact) mass is 204 g/mol. The molecule has 0 radical (unpaired) electrons. The van der Waals surface area contributed by atoms with Crippen LogP contribution in [0.2, 0.25) is 0 Å². The average molecular weight is 204 g/mol. The van der Waals surface area contributed by atoms with Crippen molar-refractivity contribution in [3.05, 3.63) is 0 Å². The zero-order chi connectivity index (χ0) is 11.0. The normalized spacial score (nSPS) is 10.0. The maximum atomic E-state index is 10.8. The van der Waals surface area contributed by atoms with Gasteiger partial charge in [0.1, 0.15) is 0 Å². The molecule has 82 valence electrons. The van der Waals surface area contributed by atoms with E-state index in [0.29, 0.717) is 12.8 Å². The molecule has 0 aliphatic heterocycles. The van der Waals surface area contributed by atoms with Crippen molar-refractivity contribution in [3.8, 4) is 0 Å². The van der Waals surface area contributed by atoms with Crippen LogP contribution in [0.3, 0.4) is 0 Å². The fourth-order valence-electron chi connectivity index (χ4n) is 0.590. The molecule has 5 heteroatoms. The molecule has 0 fully saturated rings. The van der Waals surface area contributed by atoms with E-state index in [0.717, 1.165) is 0 Å². The minimum Gasteiger partial charge on any atom is -0.454 e. The van der Waals surface area contributed by atoms with E-state index in [4.69, 9.17) is 0 Å². The number of hydrogen-bond donors (Lipinski definition) is 0.